The highest BCUT2D eigenvalue weighted by atomic mass is 19.1. The molecule has 1 aliphatic rings. The van der Waals surface area contributed by atoms with Crippen LogP contribution in [0.3, 0.4) is 0 Å². The maximum atomic E-state index is 13.4. The number of carbonyl (C=O) groups is 2. The zero-order valence-corrected chi connectivity index (χ0v) is 18.0. The first-order valence-corrected chi connectivity index (χ1v) is 10.8. The predicted molar refractivity (Wildman–Crippen MR) is 118 cm³/mol. The molecule has 1 saturated heterocycles. The van der Waals surface area contributed by atoms with Crippen molar-refractivity contribution in [1.82, 2.24) is 15.4 Å². The number of hydrogen-bond acceptors (Lipinski definition) is 4. The van der Waals surface area contributed by atoms with Crippen LogP contribution in [0.1, 0.15) is 31.1 Å². The summed E-state index contributed by atoms with van der Waals surface area (Å²) < 4.78 is 18.7. The van der Waals surface area contributed by atoms with Gasteiger partial charge in [0.05, 0.1) is 0 Å². The average molecular weight is 435 g/mol. The smallest absolute Gasteiger partial charge is 0.246 e. The molecule has 1 N–H and O–H groups in total. The number of nitrogens with one attached hydrogen (secondary N) is 1. The fraction of sp³-hybridized carbons (Fsp3) is 0.320. The molecule has 1 atom stereocenters. The number of nitrogens with zero attached hydrogens (tertiary/aromatic N) is 2. The van der Waals surface area contributed by atoms with Gasteiger partial charge in [-0.25, -0.2) is 4.39 Å². The van der Waals surface area contributed by atoms with Crippen LogP contribution in [-0.4, -0.2) is 40.5 Å². The molecule has 7 heteroatoms. The second-order valence-corrected chi connectivity index (χ2v) is 8.16. The van der Waals surface area contributed by atoms with E-state index in [4.69, 9.17) is 4.52 Å². The molecular formula is C25H26FN3O3. The van der Waals surface area contributed by atoms with E-state index in [2.05, 4.69) is 10.5 Å². The molecule has 1 aromatic heterocycles. The third-order valence-electron chi connectivity index (χ3n) is 6.00. The highest BCUT2D eigenvalue weighted by molar-refractivity contribution is 5.91. The Morgan fingerprint density at radius 1 is 1.16 bits per heavy atom. The van der Waals surface area contributed by atoms with Crippen molar-refractivity contribution >= 4 is 11.8 Å². The van der Waals surface area contributed by atoms with Gasteiger partial charge in [0, 0.05) is 38.1 Å². The van der Waals surface area contributed by atoms with Crippen molar-refractivity contribution in [2.75, 3.05) is 13.1 Å². The molecule has 1 aliphatic heterocycles. The molecule has 2 heterocycles. The summed E-state index contributed by atoms with van der Waals surface area (Å²) in [4.78, 5) is 27.4. The third kappa shape index (κ3) is 4.56. The first kappa shape index (κ1) is 21.7. The summed E-state index contributed by atoms with van der Waals surface area (Å²) >= 11 is 0. The zero-order valence-electron chi connectivity index (χ0n) is 18.0. The van der Waals surface area contributed by atoms with Crippen molar-refractivity contribution in [1.29, 1.82) is 0 Å². The van der Waals surface area contributed by atoms with Crippen LogP contribution in [0.25, 0.3) is 11.3 Å². The average Bonchev–Trinajstić information content (AvgIpc) is 3.44. The Bertz CT molecular complexity index is 1080. The standard InChI is InChI=1S/C25H26FN3O3/c1-18(30)29-15-5-13-25(29,24(31)27-14-12-19-8-10-21(26)11-9-19)17-22-16-23(28-32-22)20-6-3-2-4-7-20/h2-4,6-11,16H,5,12-15,17H2,1H3,(H,27,31)/t25-/m1/s1. The molecule has 4 rings (SSSR count). The van der Waals surface area contributed by atoms with Crippen LogP contribution in [-0.2, 0) is 22.4 Å². The number of hydrogen-bond donors (Lipinski definition) is 1. The van der Waals surface area contributed by atoms with Gasteiger partial charge in [0.25, 0.3) is 0 Å². The Morgan fingerprint density at radius 2 is 1.91 bits per heavy atom. The number of likely N-dealkylation sites (tertiary alicyclic amines) is 1. The van der Waals surface area contributed by atoms with Gasteiger partial charge in [-0.05, 0) is 37.0 Å². The van der Waals surface area contributed by atoms with Gasteiger partial charge in [0.1, 0.15) is 22.8 Å². The first-order valence-electron chi connectivity index (χ1n) is 10.8. The number of carbonyl (C=O) groups excluding carboxylic acids is 2. The molecule has 2 amide bonds. The lowest BCUT2D eigenvalue weighted by atomic mass is 9.89. The van der Waals surface area contributed by atoms with E-state index < -0.39 is 5.54 Å². The van der Waals surface area contributed by atoms with Crippen LogP contribution in [0.5, 0.6) is 0 Å². The Morgan fingerprint density at radius 3 is 2.62 bits per heavy atom. The molecule has 6 nitrogen and oxygen atoms in total. The van der Waals surface area contributed by atoms with E-state index >= 15 is 0 Å². The van der Waals surface area contributed by atoms with Crippen LogP contribution >= 0.6 is 0 Å². The normalized spacial score (nSPS) is 18.0. The Balaban J connectivity index is 1.51. The van der Waals surface area contributed by atoms with Crippen molar-refractivity contribution in [3.05, 3.63) is 77.8 Å². The van der Waals surface area contributed by atoms with E-state index in [-0.39, 0.29) is 24.1 Å². The van der Waals surface area contributed by atoms with E-state index in [1.807, 2.05) is 36.4 Å². The minimum Gasteiger partial charge on any atom is -0.361 e. The van der Waals surface area contributed by atoms with E-state index in [9.17, 15) is 14.0 Å². The topological polar surface area (TPSA) is 75.4 Å². The minimum absolute atomic E-state index is 0.140. The first-order chi connectivity index (χ1) is 15.5. The lowest BCUT2D eigenvalue weighted by molar-refractivity contribution is -0.143. The Labute approximate surface area is 186 Å². The molecule has 1 fully saturated rings. The highest BCUT2D eigenvalue weighted by Gasteiger charge is 2.49. The van der Waals surface area contributed by atoms with Gasteiger partial charge in [0.2, 0.25) is 11.8 Å². The minimum atomic E-state index is -1.01. The number of rotatable bonds is 7. The number of halogens is 1. The van der Waals surface area contributed by atoms with Crippen molar-refractivity contribution in [3.8, 4) is 11.3 Å². The van der Waals surface area contributed by atoms with Gasteiger partial charge in [-0.2, -0.15) is 0 Å². The summed E-state index contributed by atoms with van der Waals surface area (Å²) in [6.07, 6.45) is 2.12. The summed E-state index contributed by atoms with van der Waals surface area (Å²) in [6, 6.07) is 17.7. The SMILES string of the molecule is CC(=O)N1CCC[C@@]1(Cc1cc(-c2ccccc2)no1)C(=O)NCCc1ccc(F)cc1. The third-order valence-corrected chi connectivity index (χ3v) is 6.00. The van der Waals surface area contributed by atoms with Crippen LogP contribution in [0.4, 0.5) is 4.39 Å². The largest absolute Gasteiger partial charge is 0.361 e. The van der Waals surface area contributed by atoms with Gasteiger partial charge in [-0.3, -0.25) is 9.59 Å². The van der Waals surface area contributed by atoms with Crippen LogP contribution < -0.4 is 5.32 Å². The van der Waals surface area contributed by atoms with E-state index in [0.717, 1.165) is 17.5 Å². The quantitative estimate of drug-likeness (QED) is 0.613. The fourth-order valence-corrected chi connectivity index (χ4v) is 4.40. The number of amides is 2. The second-order valence-electron chi connectivity index (χ2n) is 8.16. The number of aromatic nitrogens is 1. The number of benzene rings is 2. The van der Waals surface area contributed by atoms with Gasteiger partial charge >= 0.3 is 0 Å². The molecule has 0 spiro atoms. The van der Waals surface area contributed by atoms with Crippen LogP contribution in [0.2, 0.25) is 0 Å². The lowest BCUT2D eigenvalue weighted by Gasteiger charge is -2.36. The summed E-state index contributed by atoms with van der Waals surface area (Å²) in [6.45, 7) is 2.41. The molecule has 0 unspecified atom stereocenters. The molecule has 0 aliphatic carbocycles. The van der Waals surface area contributed by atoms with E-state index in [0.29, 0.717) is 37.4 Å². The van der Waals surface area contributed by atoms with E-state index in [1.54, 1.807) is 17.0 Å². The molecule has 0 saturated carbocycles. The lowest BCUT2D eigenvalue weighted by Crippen LogP contribution is -2.58. The molecule has 0 radical (unpaired) electrons. The molecule has 0 bridgehead atoms. The van der Waals surface area contributed by atoms with Crippen LogP contribution in [0, 0.1) is 5.82 Å². The van der Waals surface area contributed by atoms with Crippen molar-refractivity contribution < 1.29 is 18.5 Å². The van der Waals surface area contributed by atoms with Gasteiger partial charge in [-0.1, -0.05) is 47.6 Å². The highest BCUT2D eigenvalue weighted by Crippen LogP contribution is 2.34. The van der Waals surface area contributed by atoms with Gasteiger partial charge in [-0.15, -0.1) is 0 Å². The molecule has 166 valence electrons. The van der Waals surface area contributed by atoms with E-state index in [1.165, 1.54) is 19.1 Å². The van der Waals surface area contributed by atoms with Gasteiger partial charge < -0.3 is 14.7 Å². The maximum absolute atomic E-state index is 13.4. The summed E-state index contributed by atoms with van der Waals surface area (Å²) in [5.41, 5.74) is 1.54. The summed E-state index contributed by atoms with van der Waals surface area (Å²) in [7, 11) is 0. The van der Waals surface area contributed by atoms with Crippen LogP contribution in [0.15, 0.2) is 65.2 Å². The summed E-state index contributed by atoms with van der Waals surface area (Å²) in [5, 5.41) is 7.14. The summed E-state index contributed by atoms with van der Waals surface area (Å²) in [5.74, 6) is -0.0728. The second kappa shape index (κ2) is 9.34. The van der Waals surface area contributed by atoms with Crippen molar-refractivity contribution in [3.63, 3.8) is 0 Å². The molecule has 32 heavy (non-hydrogen) atoms. The Hall–Kier alpha value is -3.48. The Kier molecular flexibility index (Phi) is 6.35. The van der Waals surface area contributed by atoms with Crippen molar-refractivity contribution in [2.45, 2.75) is 38.1 Å². The maximum Gasteiger partial charge on any atom is 0.246 e. The molecule has 2 aromatic carbocycles. The fourth-order valence-electron chi connectivity index (χ4n) is 4.40. The zero-order chi connectivity index (χ0) is 22.6. The monoisotopic (exact) mass is 435 g/mol. The van der Waals surface area contributed by atoms with Gasteiger partial charge in [0.15, 0.2) is 0 Å². The predicted octanol–water partition coefficient (Wildman–Crippen LogP) is 3.76. The molecule has 3 aromatic rings. The van der Waals surface area contributed by atoms with Crippen molar-refractivity contribution in [2.24, 2.45) is 0 Å². The molecular weight excluding hydrogens is 409 g/mol.